The third-order valence-electron chi connectivity index (χ3n) is 7.98. The second-order valence-electron chi connectivity index (χ2n) is 10.8. The van der Waals surface area contributed by atoms with Crippen molar-refractivity contribution in [3.63, 3.8) is 0 Å². The molecule has 0 unspecified atom stereocenters. The number of fused-ring (bicyclic) bond motifs is 1. The molecule has 6 nitrogen and oxygen atoms in total. The summed E-state index contributed by atoms with van der Waals surface area (Å²) in [5.74, 6) is -0.0589. The number of rotatable bonds is 7. The van der Waals surface area contributed by atoms with Crippen molar-refractivity contribution in [3.8, 4) is 11.1 Å². The van der Waals surface area contributed by atoms with Gasteiger partial charge in [0.05, 0.1) is 0 Å². The third-order valence-corrected chi connectivity index (χ3v) is 7.98. The highest BCUT2D eigenvalue weighted by atomic mass is 16.4. The molecule has 1 saturated carbocycles. The van der Waals surface area contributed by atoms with Crippen LogP contribution in [0.1, 0.15) is 76.3 Å². The van der Waals surface area contributed by atoms with E-state index in [9.17, 15) is 9.59 Å². The number of carboxylic acid groups (broad SMARTS) is 1. The first kappa shape index (κ1) is 25.7. The number of nitrogens with zero attached hydrogens (tertiary/aromatic N) is 2. The fourth-order valence-corrected chi connectivity index (χ4v) is 5.91. The van der Waals surface area contributed by atoms with Gasteiger partial charge in [0.2, 0.25) is 0 Å². The summed E-state index contributed by atoms with van der Waals surface area (Å²) in [6.45, 7) is 6.71. The molecule has 2 heterocycles. The van der Waals surface area contributed by atoms with E-state index in [0.717, 1.165) is 48.0 Å². The van der Waals surface area contributed by atoms with Crippen LogP contribution in [0, 0.1) is 26.7 Å². The van der Waals surface area contributed by atoms with Crippen LogP contribution in [0.15, 0.2) is 60.9 Å². The fraction of sp³-hybridized carbons (Fsp3) is 0.344. The number of aromatic nitrogens is 2. The van der Waals surface area contributed by atoms with Crippen LogP contribution < -0.4 is 5.32 Å². The number of amides is 1. The Morgan fingerprint density at radius 2 is 1.58 bits per heavy atom. The number of carboxylic acids is 1. The number of aliphatic carboxylic acids is 1. The van der Waals surface area contributed by atoms with Crippen LogP contribution in [0.4, 0.5) is 0 Å². The number of nitrogens with one attached hydrogen (secondary N) is 1. The number of carbonyl (C=O) groups excluding carboxylic acids is 1. The second-order valence-corrected chi connectivity index (χ2v) is 10.8. The van der Waals surface area contributed by atoms with E-state index in [2.05, 4.69) is 67.5 Å². The van der Waals surface area contributed by atoms with Gasteiger partial charge in [0.15, 0.2) is 0 Å². The molecule has 0 radical (unpaired) electrons. The van der Waals surface area contributed by atoms with Crippen molar-refractivity contribution >= 4 is 17.5 Å². The number of hydrogen-bond acceptors (Lipinski definition) is 3. The van der Waals surface area contributed by atoms with Crippen molar-refractivity contribution in [2.45, 2.75) is 65.3 Å². The molecule has 196 valence electrons. The molecule has 2 aromatic heterocycles. The van der Waals surface area contributed by atoms with Gasteiger partial charge in [-0.3, -0.25) is 9.59 Å². The first-order chi connectivity index (χ1) is 18.3. The lowest BCUT2D eigenvalue weighted by Gasteiger charge is -2.28. The highest BCUT2D eigenvalue weighted by molar-refractivity contribution is 5.93. The van der Waals surface area contributed by atoms with E-state index in [1.807, 2.05) is 22.7 Å². The Bertz CT molecular complexity index is 1450. The number of benzene rings is 2. The molecule has 1 aliphatic rings. The predicted octanol–water partition coefficient (Wildman–Crippen LogP) is 6.61. The summed E-state index contributed by atoms with van der Waals surface area (Å²) in [6, 6.07) is 17.0. The molecule has 1 fully saturated rings. The molecule has 0 spiro atoms. The van der Waals surface area contributed by atoms with Crippen LogP contribution in [-0.2, 0) is 11.3 Å². The van der Waals surface area contributed by atoms with Crippen molar-refractivity contribution in [2.24, 2.45) is 5.92 Å². The van der Waals surface area contributed by atoms with Crippen LogP contribution >= 0.6 is 0 Å². The molecule has 0 bridgehead atoms. The monoisotopic (exact) mass is 509 g/mol. The zero-order chi connectivity index (χ0) is 26.8. The van der Waals surface area contributed by atoms with Gasteiger partial charge in [-0.2, -0.15) is 0 Å². The highest BCUT2D eigenvalue weighted by Crippen LogP contribution is 2.37. The van der Waals surface area contributed by atoms with Gasteiger partial charge < -0.3 is 14.8 Å². The normalized spacial score (nSPS) is 17.4. The number of imidazole rings is 1. The largest absolute Gasteiger partial charge is 0.481 e. The summed E-state index contributed by atoms with van der Waals surface area (Å²) in [5, 5.41) is 12.1. The third kappa shape index (κ3) is 5.64. The molecular weight excluding hydrogens is 474 g/mol. The maximum atomic E-state index is 12.9. The summed E-state index contributed by atoms with van der Waals surface area (Å²) in [4.78, 5) is 28.4. The average Bonchev–Trinajstić information content (AvgIpc) is 3.32. The van der Waals surface area contributed by atoms with Gasteiger partial charge in [-0.1, -0.05) is 42.0 Å². The highest BCUT2D eigenvalue weighted by Gasteiger charge is 2.24. The zero-order valence-corrected chi connectivity index (χ0v) is 22.3. The molecule has 6 heteroatoms. The number of pyridine rings is 1. The van der Waals surface area contributed by atoms with Crippen LogP contribution in [-0.4, -0.2) is 26.4 Å². The number of carbonyl (C=O) groups is 2. The van der Waals surface area contributed by atoms with Gasteiger partial charge in [-0.25, -0.2) is 4.98 Å². The Morgan fingerprint density at radius 1 is 0.921 bits per heavy atom. The summed E-state index contributed by atoms with van der Waals surface area (Å²) in [7, 11) is 0. The van der Waals surface area contributed by atoms with Crippen molar-refractivity contribution < 1.29 is 14.7 Å². The topological polar surface area (TPSA) is 83.7 Å². The average molecular weight is 510 g/mol. The second kappa shape index (κ2) is 10.8. The molecule has 0 saturated heterocycles. The van der Waals surface area contributed by atoms with Crippen LogP contribution in [0.2, 0.25) is 0 Å². The SMILES string of the molecule is Cc1cc(C)c(CNC(=O)c2cn3cc(-c4ccc([C@H]5CC[C@H](CC(=O)O)CC5)cc4)ccc3n2)c(C)c1. The lowest BCUT2D eigenvalue weighted by atomic mass is 9.77. The molecule has 1 aliphatic carbocycles. The molecular formula is C32H35N3O3. The molecule has 2 aromatic carbocycles. The van der Waals surface area contributed by atoms with Crippen LogP contribution in [0.5, 0.6) is 0 Å². The minimum Gasteiger partial charge on any atom is -0.481 e. The minimum atomic E-state index is -0.687. The summed E-state index contributed by atoms with van der Waals surface area (Å²) >= 11 is 0. The van der Waals surface area contributed by atoms with Gasteiger partial charge in [-0.05, 0) is 104 Å². The van der Waals surface area contributed by atoms with E-state index in [1.165, 1.54) is 22.3 Å². The maximum Gasteiger partial charge on any atom is 0.303 e. The molecule has 0 aliphatic heterocycles. The molecule has 2 N–H and O–H groups in total. The van der Waals surface area contributed by atoms with E-state index in [1.54, 1.807) is 6.20 Å². The summed E-state index contributed by atoms with van der Waals surface area (Å²) in [6.07, 6.45) is 8.15. The number of aryl methyl sites for hydroxylation is 3. The summed E-state index contributed by atoms with van der Waals surface area (Å²) in [5.41, 5.74) is 9.36. The van der Waals surface area contributed by atoms with Crippen LogP contribution in [0.25, 0.3) is 16.8 Å². The van der Waals surface area contributed by atoms with E-state index in [0.29, 0.717) is 24.1 Å². The molecule has 0 atom stereocenters. The molecule has 4 aromatic rings. The standard InChI is InChI=1S/C32H35N3O3/c1-20-14-21(2)28(22(3)15-20)17-33-32(38)29-19-35-18-27(12-13-30(35)34-29)26-10-8-25(9-11-26)24-6-4-23(5-7-24)16-31(36)37/h8-15,18-19,23-24H,4-7,16-17H2,1-3H3,(H,33,38)(H,36,37)/t23-,24-. The lowest BCUT2D eigenvalue weighted by Crippen LogP contribution is -2.24. The lowest BCUT2D eigenvalue weighted by molar-refractivity contribution is -0.138. The van der Waals surface area contributed by atoms with Gasteiger partial charge >= 0.3 is 5.97 Å². The minimum absolute atomic E-state index is 0.183. The van der Waals surface area contributed by atoms with E-state index < -0.39 is 5.97 Å². The fourth-order valence-electron chi connectivity index (χ4n) is 5.91. The van der Waals surface area contributed by atoms with Gasteiger partial charge in [-0.15, -0.1) is 0 Å². The van der Waals surface area contributed by atoms with Gasteiger partial charge in [0.25, 0.3) is 5.91 Å². The van der Waals surface area contributed by atoms with E-state index in [-0.39, 0.29) is 12.3 Å². The predicted molar refractivity (Wildman–Crippen MR) is 149 cm³/mol. The van der Waals surface area contributed by atoms with E-state index in [4.69, 9.17) is 5.11 Å². The first-order valence-corrected chi connectivity index (χ1v) is 13.4. The van der Waals surface area contributed by atoms with Crippen molar-refractivity contribution in [3.05, 3.63) is 94.4 Å². The molecule has 5 rings (SSSR count). The maximum absolute atomic E-state index is 12.9. The van der Waals surface area contributed by atoms with Gasteiger partial charge in [0.1, 0.15) is 11.3 Å². The van der Waals surface area contributed by atoms with Crippen molar-refractivity contribution in [2.75, 3.05) is 0 Å². The number of hydrogen-bond donors (Lipinski definition) is 2. The zero-order valence-electron chi connectivity index (χ0n) is 22.3. The van der Waals surface area contributed by atoms with Crippen LogP contribution in [0.3, 0.4) is 0 Å². The molecule has 1 amide bonds. The molecule has 38 heavy (non-hydrogen) atoms. The first-order valence-electron chi connectivity index (χ1n) is 13.4. The Labute approximate surface area is 223 Å². The Balaban J connectivity index is 1.25. The van der Waals surface area contributed by atoms with Crippen molar-refractivity contribution in [1.82, 2.24) is 14.7 Å². The van der Waals surface area contributed by atoms with Gasteiger partial charge in [0, 0.05) is 25.4 Å². The Hall–Kier alpha value is -3.93. The Morgan fingerprint density at radius 3 is 2.24 bits per heavy atom. The quantitative estimate of drug-likeness (QED) is 0.294. The Kier molecular flexibility index (Phi) is 7.32. The van der Waals surface area contributed by atoms with Crippen molar-refractivity contribution in [1.29, 1.82) is 0 Å². The summed E-state index contributed by atoms with van der Waals surface area (Å²) < 4.78 is 1.91. The smallest absolute Gasteiger partial charge is 0.303 e. The van der Waals surface area contributed by atoms with E-state index >= 15 is 0 Å².